The number of hydrogen-bond donors (Lipinski definition) is 2. The van der Waals surface area contributed by atoms with Crippen molar-refractivity contribution >= 4 is 11.5 Å². The van der Waals surface area contributed by atoms with E-state index in [1.54, 1.807) is 12.1 Å². The van der Waals surface area contributed by atoms with Crippen LogP contribution in [-0.2, 0) is 11.2 Å². The summed E-state index contributed by atoms with van der Waals surface area (Å²) in [6, 6.07) is 3.17. The molecule has 0 spiro atoms. The third-order valence-electron chi connectivity index (χ3n) is 1.84. The van der Waals surface area contributed by atoms with E-state index >= 15 is 0 Å². The van der Waals surface area contributed by atoms with Crippen molar-refractivity contribution in [3.05, 3.63) is 17.7 Å². The zero-order valence-electron chi connectivity index (χ0n) is 8.20. The maximum absolute atomic E-state index is 10.9. The Balaban J connectivity index is 3.09. The minimum Gasteiger partial charge on any atom is -0.503 e. The van der Waals surface area contributed by atoms with Crippen molar-refractivity contribution in [3.8, 4) is 11.5 Å². The van der Waals surface area contributed by atoms with E-state index in [0.29, 0.717) is 12.2 Å². The average molecular weight is 195 g/mol. The van der Waals surface area contributed by atoms with E-state index in [1.165, 1.54) is 14.0 Å². The Morgan fingerprint density at radius 2 is 2.21 bits per heavy atom. The Hall–Kier alpha value is -1.71. The molecule has 0 atom stereocenters. The lowest BCUT2D eigenvalue weighted by molar-refractivity contribution is -0.116. The highest BCUT2D eigenvalue weighted by molar-refractivity contribution is 5.79. The van der Waals surface area contributed by atoms with Gasteiger partial charge in [-0.2, -0.15) is 0 Å². The van der Waals surface area contributed by atoms with E-state index in [9.17, 15) is 9.90 Å². The van der Waals surface area contributed by atoms with Gasteiger partial charge in [0.2, 0.25) is 0 Å². The van der Waals surface area contributed by atoms with Crippen LogP contribution in [0, 0.1) is 0 Å². The fourth-order valence-electron chi connectivity index (χ4n) is 1.23. The minimum absolute atomic E-state index is 0.0390. The molecule has 0 fully saturated rings. The summed E-state index contributed by atoms with van der Waals surface area (Å²) >= 11 is 0. The SMILES string of the molecule is COc1cc(CC(C)=O)cc(N)c1O. The molecule has 0 aliphatic carbocycles. The van der Waals surface area contributed by atoms with Gasteiger partial charge < -0.3 is 15.6 Å². The maximum atomic E-state index is 10.9. The first kappa shape index (κ1) is 10.4. The molecule has 14 heavy (non-hydrogen) atoms. The number of ether oxygens (including phenoxy) is 1. The third kappa shape index (κ3) is 2.16. The first-order chi connectivity index (χ1) is 6.54. The number of ketones is 1. The van der Waals surface area contributed by atoms with Gasteiger partial charge in [-0.25, -0.2) is 0 Å². The van der Waals surface area contributed by atoms with Gasteiger partial charge in [0.1, 0.15) is 5.78 Å². The highest BCUT2D eigenvalue weighted by atomic mass is 16.5. The van der Waals surface area contributed by atoms with Crippen molar-refractivity contribution in [1.29, 1.82) is 0 Å². The Morgan fingerprint density at radius 1 is 1.57 bits per heavy atom. The van der Waals surface area contributed by atoms with Crippen LogP contribution in [0.1, 0.15) is 12.5 Å². The molecular weight excluding hydrogens is 182 g/mol. The molecule has 0 amide bonds. The largest absolute Gasteiger partial charge is 0.503 e. The van der Waals surface area contributed by atoms with Gasteiger partial charge in [0, 0.05) is 6.42 Å². The summed E-state index contributed by atoms with van der Waals surface area (Å²) in [5.41, 5.74) is 6.49. The van der Waals surface area contributed by atoms with Crippen molar-refractivity contribution < 1.29 is 14.6 Å². The fraction of sp³-hybridized carbons (Fsp3) is 0.300. The summed E-state index contributed by atoms with van der Waals surface area (Å²) < 4.78 is 4.91. The van der Waals surface area contributed by atoms with Gasteiger partial charge in [-0.15, -0.1) is 0 Å². The Morgan fingerprint density at radius 3 is 2.71 bits per heavy atom. The first-order valence-electron chi connectivity index (χ1n) is 4.19. The summed E-state index contributed by atoms with van der Waals surface area (Å²) in [6.45, 7) is 1.50. The van der Waals surface area contributed by atoms with E-state index in [2.05, 4.69) is 0 Å². The number of rotatable bonds is 3. The molecule has 0 unspecified atom stereocenters. The second kappa shape index (κ2) is 4.00. The van der Waals surface area contributed by atoms with E-state index < -0.39 is 0 Å². The van der Waals surface area contributed by atoms with Crippen molar-refractivity contribution in [2.45, 2.75) is 13.3 Å². The highest BCUT2D eigenvalue weighted by Crippen LogP contribution is 2.33. The smallest absolute Gasteiger partial charge is 0.181 e. The summed E-state index contributed by atoms with van der Waals surface area (Å²) in [4.78, 5) is 10.9. The lowest BCUT2D eigenvalue weighted by atomic mass is 10.1. The molecule has 0 radical (unpaired) electrons. The molecule has 0 aliphatic heterocycles. The van der Waals surface area contributed by atoms with Gasteiger partial charge in [0.05, 0.1) is 12.8 Å². The fourth-order valence-corrected chi connectivity index (χ4v) is 1.23. The quantitative estimate of drug-likeness (QED) is 0.560. The summed E-state index contributed by atoms with van der Waals surface area (Å²) in [6.07, 6.45) is 0.292. The lowest BCUT2D eigenvalue weighted by Gasteiger charge is -2.08. The van der Waals surface area contributed by atoms with Crippen LogP contribution in [0.2, 0.25) is 0 Å². The number of carbonyl (C=O) groups is 1. The summed E-state index contributed by atoms with van der Waals surface area (Å²) in [5, 5.41) is 9.42. The molecule has 0 aromatic heterocycles. The van der Waals surface area contributed by atoms with Crippen LogP contribution in [0.5, 0.6) is 11.5 Å². The second-order valence-electron chi connectivity index (χ2n) is 3.11. The van der Waals surface area contributed by atoms with Crippen molar-refractivity contribution in [3.63, 3.8) is 0 Å². The number of Topliss-reactive ketones (excluding diaryl/α,β-unsaturated/α-hetero) is 1. The van der Waals surface area contributed by atoms with Crippen LogP contribution in [0.25, 0.3) is 0 Å². The molecular formula is C10H13NO3. The van der Waals surface area contributed by atoms with E-state index in [4.69, 9.17) is 10.5 Å². The molecule has 1 aromatic rings. The zero-order chi connectivity index (χ0) is 10.7. The number of nitrogens with two attached hydrogens (primary N) is 1. The Labute approximate surface area is 82.3 Å². The summed E-state index contributed by atoms with van der Waals surface area (Å²) in [7, 11) is 1.44. The van der Waals surface area contributed by atoms with Crippen molar-refractivity contribution in [2.24, 2.45) is 0 Å². The van der Waals surface area contributed by atoms with Gasteiger partial charge in [0.15, 0.2) is 11.5 Å². The number of methoxy groups -OCH3 is 1. The molecule has 0 bridgehead atoms. The number of hydrogen-bond acceptors (Lipinski definition) is 4. The van der Waals surface area contributed by atoms with Crippen LogP contribution in [-0.4, -0.2) is 18.0 Å². The van der Waals surface area contributed by atoms with Crippen LogP contribution in [0.3, 0.4) is 0 Å². The van der Waals surface area contributed by atoms with Gasteiger partial charge in [-0.05, 0) is 24.6 Å². The number of aromatic hydroxyl groups is 1. The Bertz CT molecular complexity index is 361. The van der Waals surface area contributed by atoms with E-state index in [1.807, 2.05) is 0 Å². The summed E-state index contributed by atoms with van der Waals surface area (Å²) in [5.74, 6) is 0.248. The number of phenols is 1. The number of benzene rings is 1. The molecule has 4 heteroatoms. The monoisotopic (exact) mass is 195 g/mol. The highest BCUT2D eigenvalue weighted by Gasteiger charge is 2.08. The minimum atomic E-state index is -0.0835. The van der Waals surface area contributed by atoms with Crippen molar-refractivity contribution in [2.75, 3.05) is 12.8 Å². The van der Waals surface area contributed by atoms with Crippen molar-refractivity contribution in [1.82, 2.24) is 0 Å². The molecule has 0 saturated carbocycles. The van der Waals surface area contributed by atoms with Crippen LogP contribution < -0.4 is 10.5 Å². The van der Waals surface area contributed by atoms with E-state index in [0.717, 1.165) is 5.56 Å². The maximum Gasteiger partial charge on any atom is 0.181 e. The van der Waals surface area contributed by atoms with Gasteiger partial charge in [-0.3, -0.25) is 4.79 Å². The normalized spacial score (nSPS) is 9.86. The molecule has 1 aromatic carbocycles. The molecule has 3 N–H and O–H groups in total. The van der Waals surface area contributed by atoms with E-state index in [-0.39, 0.29) is 17.2 Å². The zero-order valence-corrected chi connectivity index (χ0v) is 8.20. The predicted octanol–water partition coefficient (Wildman–Crippen LogP) is 1.11. The van der Waals surface area contributed by atoms with Gasteiger partial charge >= 0.3 is 0 Å². The van der Waals surface area contributed by atoms with Crippen LogP contribution in [0.4, 0.5) is 5.69 Å². The Kier molecular flexibility index (Phi) is 2.96. The molecule has 0 saturated heterocycles. The number of carbonyl (C=O) groups excluding carboxylic acids is 1. The number of phenolic OH excluding ortho intramolecular Hbond substituents is 1. The molecule has 4 nitrogen and oxygen atoms in total. The standard InChI is InChI=1S/C10H13NO3/c1-6(12)3-7-4-8(11)10(13)9(5-7)14-2/h4-5,13H,3,11H2,1-2H3. The first-order valence-corrected chi connectivity index (χ1v) is 4.19. The van der Waals surface area contributed by atoms with Gasteiger partial charge in [-0.1, -0.05) is 0 Å². The van der Waals surface area contributed by atoms with Gasteiger partial charge in [0.25, 0.3) is 0 Å². The number of anilines is 1. The molecule has 0 aliphatic rings. The number of nitrogen functional groups attached to an aromatic ring is 1. The van der Waals surface area contributed by atoms with Crippen LogP contribution in [0.15, 0.2) is 12.1 Å². The third-order valence-corrected chi connectivity index (χ3v) is 1.84. The molecule has 0 heterocycles. The molecule has 76 valence electrons. The topological polar surface area (TPSA) is 72.5 Å². The lowest BCUT2D eigenvalue weighted by Crippen LogP contribution is -1.99. The average Bonchev–Trinajstić information content (AvgIpc) is 2.10. The predicted molar refractivity (Wildman–Crippen MR) is 53.5 cm³/mol. The second-order valence-corrected chi connectivity index (χ2v) is 3.11. The van der Waals surface area contributed by atoms with Crippen LogP contribution >= 0.6 is 0 Å². The molecule has 1 rings (SSSR count).